The van der Waals surface area contributed by atoms with Crippen LogP contribution in [-0.4, -0.2) is 46.2 Å². The first-order valence-electron chi connectivity index (χ1n) is 12.2. The fraction of sp³-hybridized carbons (Fsp3) is 0.840. The van der Waals surface area contributed by atoms with Crippen LogP contribution in [0.3, 0.4) is 0 Å². The van der Waals surface area contributed by atoms with Crippen molar-refractivity contribution in [3.8, 4) is 0 Å². The van der Waals surface area contributed by atoms with Crippen LogP contribution in [0.25, 0.3) is 0 Å². The molecule has 1 saturated heterocycles. The van der Waals surface area contributed by atoms with Crippen LogP contribution in [0.5, 0.6) is 0 Å². The summed E-state index contributed by atoms with van der Waals surface area (Å²) in [6.45, 7) is 9.05. The monoisotopic (exact) mass is 551 g/mol. The number of hydrogen-bond donors (Lipinski definition) is 2. The second kappa shape index (κ2) is 14.8. The predicted octanol–water partition coefficient (Wildman–Crippen LogP) is 1.97. The quantitative estimate of drug-likeness (QED) is 0.133. The molecule has 1 heterocycles. The minimum Gasteiger partial charge on any atom is -0.496 e. The second-order valence-corrected chi connectivity index (χ2v) is 11.3. The molecule has 0 amide bonds. The Morgan fingerprint density at radius 1 is 1.26 bits per heavy atom. The van der Waals surface area contributed by atoms with E-state index in [0.29, 0.717) is 18.3 Å². The molecule has 31 heavy (non-hydrogen) atoms. The van der Waals surface area contributed by atoms with Gasteiger partial charge in [0, 0.05) is 6.42 Å². The van der Waals surface area contributed by atoms with Crippen molar-refractivity contribution in [1.82, 2.24) is 0 Å². The van der Waals surface area contributed by atoms with Crippen LogP contribution in [0.2, 0.25) is 0 Å². The molecule has 3 unspecified atom stereocenters. The van der Waals surface area contributed by atoms with Gasteiger partial charge in [-0.2, -0.15) is 0 Å². The maximum atomic E-state index is 9.57. The summed E-state index contributed by atoms with van der Waals surface area (Å²) in [5.41, 5.74) is 1.39. The summed E-state index contributed by atoms with van der Waals surface area (Å²) in [7, 11) is 0. The van der Waals surface area contributed by atoms with Gasteiger partial charge in [0.25, 0.3) is 0 Å². The Morgan fingerprint density at radius 3 is 2.65 bits per heavy atom. The van der Waals surface area contributed by atoms with Crippen molar-refractivity contribution in [3.63, 3.8) is 0 Å². The topological polar surface area (TPSA) is 68.2 Å². The van der Waals surface area contributed by atoms with Crippen LogP contribution >= 0.6 is 0 Å². The van der Waals surface area contributed by atoms with Crippen molar-refractivity contribution in [1.29, 1.82) is 0 Å². The Hall–Kier alpha value is -0.310. The molecule has 6 atom stereocenters. The van der Waals surface area contributed by atoms with E-state index in [1.807, 2.05) is 6.26 Å². The summed E-state index contributed by atoms with van der Waals surface area (Å²) in [6.07, 6.45) is 12.3. The molecule has 2 N–H and O–H groups in total. The normalized spacial score (nSPS) is 27.4. The molecule has 2 rings (SSSR count). The van der Waals surface area contributed by atoms with Crippen LogP contribution in [0.1, 0.15) is 79.1 Å². The molecule has 0 aromatic rings. The first-order valence-corrected chi connectivity index (χ1v) is 14.6. The van der Waals surface area contributed by atoms with Crippen LogP contribution in [0, 0.1) is 17.8 Å². The van der Waals surface area contributed by atoms with Crippen LogP contribution in [0.15, 0.2) is 23.7 Å². The molecule has 182 valence electrons. The molecule has 0 spiro atoms. The minimum absolute atomic E-state index is 0.0570. The number of halogens is 1. The third-order valence-electron chi connectivity index (χ3n) is 6.38. The predicted molar refractivity (Wildman–Crippen MR) is 120 cm³/mol. The van der Waals surface area contributed by atoms with Gasteiger partial charge in [0.05, 0.1) is 12.7 Å². The van der Waals surface area contributed by atoms with E-state index in [4.69, 9.17) is 12.5 Å². The van der Waals surface area contributed by atoms with Crippen molar-refractivity contribution in [2.24, 2.45) is 17.8 Å². The van der Waals surface area contributed by atoms with Crippen molar-refractivity contribution < 1.29 is 44.4 Å². The average Bonchev–Trinajstić information content (AvgIpc) is 3.36. The minimum atomic E-state index is -0.464. The summed E-state index contributed by atoms with van der Waals surface area (Å²) in [6, 6.07) is 0. The van der Waals surface area contributed by atoms with E-state index >= 15 is 0 Å². The second-order valence-electron chi connectivity index (χ2n) is 9.20. The van der Waals surface area contributed by atoms with Gasteiger partial charge in [-0.25, -0.2) is 0 Å². The fourth-order valence-electron chi connectivity index (χ4n) is 4.32. The molecule has 0 aromatic heterocycles. The molecule has 5 nitrogen and oxygen atoms in total. The number of aliphatic hydroxyl groups excluding tert-OH is 2. The van der Waals surface area contributed by atoms with Gasteiger partial charge in [0.1, 0.15) is 6.10 Å². The summed E-state index contributed by atoms with van der Waals surface area (Å²) < 4.78 is 18.7. The third-order valence-corrected chi connectivity index (χ3v) is 8.52. The number of unbranched alkanes of at least 4 members (excludes halogenated alkanes) is 2. The Labute approximate surface area is 200 Å². The molecule has 6 heteroatoms. The van der Waals surface area contributed by atoms with Crippen molar-refractivity contribution in [3.05, 3.63) is 23.7 Å². The summed E-state index contributed by atoms with van der Waals surface area (Å²) in [4.78, 5) is 0. The summed E-state index contributed by atoms with van der Waals surface area (Å²) in [5, 5.41) is 19.1. The van der Waals surface area contributed by atoms with E-state index < -0.39 is 6.10 Å². The number of rotatable bonds is 16. The molecule has 2 aliphatic rings. The molecule has 0 bridgehead atoms. The van der Waals surface area contributed by atoms with Gasteiger partial charge in [0.2, 0.25) is 0 Å². The zero-order valence-corrected chi connectivity index (χ0v) is 22.1. The zero-order valence-electron chi connectivity index (χ0n) is 19.9. The number of allylic oxidation sites excluding steroid dienone is 3. The molecular formula is C25H44IO5-. The van der Waals surface area contributed by atoms with Crippen LogP contribution in [0.4, 0.5) is 0 Å². The van der Waals surface area contributed by atoms with Gasteiger partial charge in [-0.05, 0) is 19.3 Å². The van der Waals surface area contributed by atoms with Gasteiger partial charge in [-0.1, -0.05) is 13.3 Å². The van der Waals surface area contributed by atoms with Gasteiger partial charge >= 0.3 is 128 Å². The van der Waals surface area contributed by atoms with Gasteiger partial charge in [-0.3, -0.25) is 0 Å². The molecule has 0 aromatic carbocycles. The molecule has 0 radical (unpaired) electrons. The van der Waals surface area contributed by atoms with Gasteiger partial charge in [-0.15, -0.1) is 0 Å². The Morgan fingerprint density at radius 2 is 2.06 bits per heavy atom. The standard InChI is InChI=1S/C25H44IO5/c1-5-20-13-24(20)21(16-29-22(15-27)12-19(4)28)11-9-7-8-10-18(3)25(6-2)31-23-14-26-30-17-23/h6,16,18-20,22-24,27-28H,5,7-15,17H2,1-4H3/q-1/b21-16-,25-6+/t18-,19?,20+,22+,23?,24?/m1/s1. The van der Waals surface area contributed by atoms with E-state index in [1.54, 1.807) is 6.92 Å². The molecular weight excluding hydrogens is 507 g/mol. The number of hydrogen-bond acceptors (Lipinski definition) is 5. The first-order chi connectivity index (χ1) is 15.0. The average molecular weight is 552 g/mol. The SMILES string of the molecule is C/C=C(/OC1CO[I-]C1)[C@H](C)CCCCC/C(=C/O[C@H](CO)CC(C)O)C1C[C@@H]1CC. The summed E-state index contributed by atoms with van der Waals surface area (Å²) in [5.74, 6) is 3.02. The fourth-order valence-corrected chi connectivity index (χ4v) is 6.07. The van der Waals surface area contributed by atoms with E-state index in [1.165, 1.54) is 37.7 Å². The smallest absolute Gasteiger partial charge is 0.496 e. The maximum absolute atomic E-state index is 9.57. The molecule has 1 saturated carbocycles. The zero-order chi connectivity index (χ0) is 22.6. The number of ether oxygens (including phenoxy) is 2. The van der Waals surface area contributed by atoms with E-state index in [9.17, 15) is 10.2 Å². The Balaban J connectivity index is 1.72. The van der Waals surface area contributed by atoms with E-state index in [0.717, 1.165) is 35.6 Å². The van der Waals surface area contributed by atoms with Crippen molar-refractivity contribution >= 4 is 0 Å². The third kappa shape index (κ3) is 10.0. The van der Waals surface area contributed by atoms with Crippen LogP contribution < -0.4 is 21.6 Å². The number of alkyl halides is 1. The van der Waals surface area contributed by atoms with E-state index in [2.05, 4.69) is 26.8 Å². The molecule has 1 aliphatic carbocycles. The molecule has 1 aliphatic heterocycles. The Bertz CT molecular complexity index is 556. The van der Waals surface area contributed by atoms with E-state index in [-0.39, 0.29) is 40.4 Å². The number of aliphatic hydroxyl groups is 2. The van der Waals surface area contributed by atoms with Crippen molar-refractivity contribution in [2.45, 2.75) is 97.4 Å². The van der Waals surface area contributed by atoms with Crippen molar-refractivity contribution in [2.75, 3.05) is 17.6 Å². The van der Waals surface area contributed by atoms with Crippen LogP contribution in [-0.2, 0) is 12.5 Å². The van der Waals surface area contributed by atoms with Gasteiger partial charge < -0.3 is 14.9 Å². The molecule has 2 fully saturated rings. The first kappa shape index (κ1) is 26.9. The van der Waals surface area contributed by atoms with Gasteiger partial charge in [0.15, 0.2) is 0 Å². The summed E-state index contributed by atoms with van der Waals surface area (Å²) >= 11 is -0.0914. The Kier molecular flexibility index (Phi) is 12.8.